The monoisotopic (exact) mass is 492 g/mol. The van der Waals surface area contributed by atoms with Crippen LogP contribution in [0, 0.1) is 0 Å². The molecule has 2 aromatic heterocycles. The Morgan fingerprint density at radius 1 is 0.758 bits per heavy atom. The van der Waals surface area contributed by atoms with Crippen LogP contribution in [0.15, 0.2) is 82.7 Å². The molecule has 2 aromatic carbocycles. The third-order valence-electron chi connectivity index (χ3n) is 4.41. The SMILES string of the molecule is O=S(=O)([O-])c1ccc(-c2nnc(-c3cc(S(=O)(=O)O)ccn3)nc2-c2ccccc2)cc1.[Na+]. The zero-order chi connectivity index (χ0) is 22.9. The van der Waals surface area contributed by atoms with Gasteiger partial charge in [-0.25, -0.2) is 13.4 Å². The first-order valence-electron chi connectivity index (χ1n) is 8.93. The maximum absolute atomic E-state index is 11.4. The fraction of sp³-hybridized carbons (Fsp3) is 0. The first-order valence-corrected chi connectivity index (χ1v) is 11.8. The molecule has 0 amide bonds. The van der Waals surface area contributed by atoms with Crippen molar-refractivity contribution in [1.82, 2.24) is 20.2 Å². The Labute approximate surface area is 211 Å². The zero-order valence-corrected chi connectivity index (χ0v) is 20.7. The molecular weight excluding hydrogens is 479 g/mol. The molecule has 0 aliphatic rings. The van der Waals surface area contributed by atoms with Gasteiger partial charge >= 0.3 is 29.6 Å². The summed E-state index contributed by atoms with van der Waals surface area (Å²) in [5.41, 5.74) is 1.87. The average molecular weight is 492 g/mol. The van der Waals surface area contributed by atoms with E-state index in [2.05, 4.69) is 20.2 Å². The molecule has 0 bridgehead atoms. The summed E-state index contributed by atoms with van der Waals surface area (Å²) >= 11 is 0. The normalized spacial score (nSPS) is 11.6. The van der Waals surface area contributed by atoms with Crippen molar-refractivity contribution in [2.24, 2.45) is 0 Å². The number of rotatable bonds is 5. The Hall–Kier alpha value is -2.58. The Morgan fingerprint density at radius 3 is 2.00 bits per heavy atom. The van der Waals surface area contributed by atoms with Gasteiger partial charge in [0.1, 0.15) is 27.2 Å². The average Bonchev–Trinajstić information content (AvgIpc) is 2.78. The van der Waals surface area contributed by atoms with Crippen molar-refractivity contribution >= 4 is 20.2 Å². The first-order chi connectivity index (χ1) is 15.1. The van der Waals surface area contributed by atoms with Gasteiger partial charge in [0.15, 0.2) is 0 Å². The minimum Gasteiger partial charge on any atom is -0.744 e. The fourth-order valence-corrected chi connectivity index (χ4v) is 3.86. The summed E-state index contributed by atoms with van der Waals surface area (Å²) in [6.45, 7) is 0. The fourth-order valence-electron chi connectivity index (χ4n) is 2.90. The zero-order valence-electron chi connectivity index (χ0n) is 17.0. The molecule has 0 atom stereocenters. The summed E-state index contributed by atoms with van der Waals surface area (Å²) in [6.07, 6.45) is 1.19. The van der Waals surface area contributed by atoms with Crippen LogP contribution in [0.5, 0.6) is 0 Å². The smallest absolute Gasteiger partial charge is 0.744 e. The molecule has 0 saturated heterocycles. The van der Waals surface area contributed by atoms with E-state index in [0.717, 1.165) is 12.1 Å². The van der Waals surface area contributed by atoms with Crippen LogP contribution in [0.25, 0.3) is 34.0 Å². The number of aromatic nitrogens is 4. The molecule has 162 valence electrons. The van der Waals surface area contributed by atoms with Gasteiger partial charge in [-0.05, 0) is 24.3 Å². The van der Waals surface area contributed by atoms with E-state index in [-0.39, 0.29) is 50.9 Å². The van der Waals surface area contributed by atoms with Crippen LogP contribution in [0.4, 0.5) is 0 Å². The van der Waals surface area contributed by atoms with E-state index >= 15 is 0 Å². The summed E-state index contributed by atoms with van der Waals surface area (Å²) in [5, 5.41) is 8.22. The Bertz CT molecular complexity index is 1510. The number of benzene rings is 2. The maximum atomic E-state index is 11.4. The van der Waals surface area contributed by atoms with Crippen LogP contribution >= 0.6 is 0 Å². The molecule has 0 radical (unpaired) electrons. The van der Waals surface area contributed by atoms with Crippen molar-refractivity contribution in [3.05, 3.63) is 72.9 Å². The van der Waals surface area contributed by atoms with Crippen LogP contribution in [0.3, 0.4) is 0 Å². The second kappa shape index (κ2) is 9.73. The summed E-state index contributed by atoms with van der Waals surface area (Å²) in [6, 6.07) is 16.3. The molecule has 4 rings (SSSR count). The van der Waals surface area contributed by atoms with Gasteiger partial charge in [-0.15, -0.1) is 10.2 Å². The van der Waals surface area contributed by atoms with Gasteiger partial charge in [0.05, 0.1) is 9.79 Å². The topological polar surface area (TPSA) is 163 Å². The van der Waals surface area contributed by atoms with E-state index in [1.165, 1.54) is 30.5 Å². The molecule has 0 saturated carbocycles. The Morgan fingerprint density at radius 2 is 1.39 bits per heavy atom. The molecule has 4 aromatic rings. The van der Waals surface area contributed by atoms with Crippen LogP contribution in [-0.2, 0) is 20.2 Å². The molecule has 13 heteroatoms. The number of hydrogen-bond donors (Lipinski definition) is 1. The third kappa shape index (κ3) is 5.68. The molecule has 0 aliphatic carbocycles. The molecule has 2 heterocycles. The molecule has 33 heavy (non-hydrogen) atoms. The van der Waals surface area contributed by atoms with E-state index in [1.807, 2.05) is 6.07 Å². The molecule has 0 spiro atoms. The minimum atomic E-state index is -4.60. The van der Waals surface area contributed by atoms with Crippen LogP contribution in [0.1, 0.15) is 0 Å². The van der Waals surface area contributed by atoms with Crippen molar-refractivity contribution in [1.29, 1.82) is 0 Å². The summed E-state index contributed by atoms with van der Waals surface area (Å²) < 4.78 is 65.8. The van der Waals surface area contributed by atoms with Gasteiger partial charge < -0.3 is 4.55 Å². The molecule has 0 fully saturated rings. The Balaban J connectivity index is 0.00000306. The molecule has 0 aliphatic heterocycles. The quantitative estimate of drug-likeness (QED) is 0.282. The van der Waals surface area contributed by atoms with Crippen molar-refractivity contribution in [3.8, 4) is 34.0 Å². The summed E-state index contributed by atoms with van der Waals surface area (Å²) in [7, 11) is -9.06. The molecule has 0 unspecified atom stereocenters. The number of hydrogen-bond acceptors (Lipinski definition) is 9. The van der Waals surface area contributed by atoms with E-state index in [1.54, 1.807) is 24.3 Å². The van der Waals surface area contributed by atoms with Crippen LogP contribution in [0.2, 0.25) is 0 Å². The third-order valence-corrected chi connectivity index (χ3v) is 6.11. The van der Waals surface area contributed by atoms with Crippen molar-refractivity contribution < 1.29 is 55.5 Å². The molecule has 1 N–H and O–H groups in total. The van der Waals surface area contributed by atoms with Gasteiger partial charge in [-0.1, -0.05) is 42.5 Å². The number of nitrogens with zero attached hydrogens (tertiary/aromatic N) is 4. The number of pyridine rings is 1. The van der Waals surface area contributed by atoms with Gasteiger partial charge in [-0.3, -0.25) is 9.54 Å². The maximum Gasteiger partial charge on any atom is 1.00 e. The molecular formula is C20H13N4NaO6S2. The van der Waals surface area contributed by atoms with Gasteiger partial charge in [0.2, 0.25) is 5.82 Å². The predicted molar refractivity (Wildman–Crippen MR) is 112 cm³/mol. The second-order valence-electron chi connectivity index (χ2n) is 6.53. The van der Waals surface area contributed by atoms with Gasteiger partial charge in [0, 0.05) is 17.3 Å². The van der Waals surface area contributed by atoms with E-state index in [0.29, 0.717) is 22.5 Å². The summed E-state index contributed by atoms with van der Waals surface area (Å²) in [4.78, 5) is 7.80. The standard InChI is InChI=1S/C20H14N4O6S2.Na/c25-31(26,27)15-8-6-14(7-9-15)19-18(13-4-2-1-3-5-13)22-20(24-23-19)17-12-16(10-11-21-17)32(28,29)30;/h1-12H,(H,25,26,27)(H,28,29,30);/q;+1/p-1. The largest absolute Gasteiger partial charge is 1.00 e. The first kappa shape index (κ1) is 25.1. The summed E-state index contributed by atoms with van der Waals surface area (Å²) in [5.74, 6) is 0.0110. The molecule has 10 nitrogen and oxygen atoms in total. The van der Waals surface area contributed by atoms with Crippen molar-refractivity contribution in [2.45, 2.75) is 9.79 Å². The second-order valence-corrected chi connectivity index (χ2v) is 9.33. The van der Waals surface area contributed by atoms with E-state index < -0.39 is 20.2 Å². The Kier molecular flexibility index (Phi) is 7.39. The van der Waals surface area contributed by atoms with E-state index in [9.17, 15) is 25.9 Å². The van der Waals surface area contributed by atoms with E-state index in [4.69, 9.17) is 0 Å². The predicted octanol–water partition coefficient (Wildman–Crippen LogP) is -0.578. The van der Waals surface area contributed by atoms with Crippen molar-refractivity contribution in [3.63, 3.8) is 0 Å². The van der Waals surface area contributed by atoms with Crippen LogP contribution < -0.4 is 29.6 Å². The minimum absolute atomic E-state index is 0. The van der Waals surface area contributed by atoms with Gasteiger partial charge in [0.25, 0.3) is 10.1 Å². The van der Waals surface area contributed by atoms with Gasteiger partial charge in [-0.2, -0.15) is 8.42 Å². The van der Waals surface area contributed by atoms with Crippen molar-refractivity contribution in [2.75, 3.05) is 0 Å². The van der Waals surface area contributed by atoms with Crippen LogP contribution in [-0.4, -0.2) is 46.1 Å².